The van der Waals surface area contributed by atoms with Gasteiger partial charge in [0, 0.05) is 11.4 Å². The summed E-state index contributed by atoms with van der Waals surface area (Å²) in [6.45, 7) is 4.54. The number of fused-ring (bicyclic) bond motifs is 1. The van der Waals surface area contributed by atoms with E-state index in [-0.39, 0.29) is 17.8 Å². The van der Waals surface area contributed by atoms with Crippen LogP contribution in [-0.2, 0) is 28.9 Å². The van der Waals surface area contributed by atoms with E-state index >= 15 is 0 Å². The molecule has 0 bridgehead atoms. The lowest BCUT2D eigenvalue weighted by Gasteiger charge is -2.15. The molecule has 192 valence electrons. The van der Waals surface area contributed by atoms with Crippen LogP contribution >= 0.6 is 23.1 Å². The Morgan fingerprint density at radius 2 is 1.86 bits per heavy atom. The van der Waals surface area contributed by atoms with Gasteiger partial charge in [-0.3, -0.25) is 4.79 Å². The number of amides is 1. The number of nitrogens with one attached hydrogen (secondary N) is 1. The largest absolute Gasteiger partial charge is 0.497 e. The second-order valence-corrected chi connectivity index (χ2v) is 10.3. The fourth-order valence-electron chi connectivity index (χ4n) is 4.18. The molecule has 1 N–H and O–H groups in total. The number of hydrogen-bond donors (Lipinski definition) is 1. The molecule has 1 unspecified atom stereocenters. The van der Waals surface area contributed by atoms with E-state index in [0.29, 0.717) is 33.8 Å². The van der Waals surface area contributed by atoms with Crippen molar-refractivity contribution in [2.24, 2.45) is 0 Å². The number of hydrogen-bond acceptors (Lipinski definition) is 9. The summed E-state index contributed by atoms with van der Waals surface area (Å²) in [5, 5.41) is 12.7. The number of thioether (sulfide) groups is 1. The molecule has 0 fully saturated rings. The summed E-state index contributed by atoms with van der Waals surface area (Å²) in [4.78, 5) is 26.4. The first kappa shape index (κ1) is 26.0. The van der Waals surface area contributed by atoms with Crippen LogP contribution in [-0.4, -0.2) is 46.6 Å². The van der Waals surface area contributed by atoms with Gasteiger partial charge in [-0.05, 0) is 69.4 Å². The van der Waals surface area contributed by atoms with Gasteiger partial charge in [0.15, 0.2) is 17.1 Å². The fraction of sp³-hybridized carbons (Fsp3) is 0.440. The number of aryl methyl sites for hydroxylation is 1. The second-order valence-electron chi connectivity index (χ2n) is 8.26. The summed E-state index contributed by atoms with van der Waals surface area (Å²) in [5.41, 5.74) is 1.52. The van der Waals surface area contributed by atoms with Crippen molar-refractivity contribution >= 4 is 40.0 Å². The normalized spacial score (nSPS) is 13.6. The first-order valence-electron chi connectivity index (χ1n) is 11.8. The van der Waals surface area contributed by atoms with Gasteiger partial charge in [0.1, 0.15) is 16.5 Å². The molecule has 36 heavy (non-hydrogen) atoms. The Balaban J connectivity index is 1.41. The van der Waals surface area contributed by atoms with Gasteiger partial charge in [-0.2, -0.15) is 0 Å². The minimum Gasteiger partial charge on any atom is -0.497 e. The maximum absolute atomic E-state index is 12.8. The highest BCUT2D eigenvalue weighted by atomic mass is 32.2. The molecule has 0 aliphatic heterocycles. The third-order valence-electron chi connectivity index (χ3n) is 5.94. The number of rotatable bonds is 10. The number of thiophene rings is 1. The highest BCUT2D eigenvalue weighted by molar-refractivity contribution is 7.99. The second kappa shape index (κ2) is 11.8. The van der Waals surface area contributed by atoms with Crippen molar-refractivity contribution in [3.63, 3.8) is 0 Å². The number of nitrogens with zero attached hydrogens (tertiary/aromatic N) is 3. The molecule has 9 nitrogen and oxygen atoms in total. The third kappa shape index (κ3) is 5.67. The molecule has 0 radical (unpaired) electrons. The van der Waals surface area contributed by atoms with Crippen LogP contribution in [0.1, 0.15) is 59.4 Å². The Morgan fingerprint density at radius 3 is 2.56 bits per heavy atom. The lowest BCUT2D eigenvalue weighted by molar-refractivity contribution is -0.113. The molecule has 11 heteroatoms. The van der Waals surface area contributed by atoms with Crippen LogP contribution in [0.15, 0.2) is 29.4 Å². The monoisotopic (exact) mass is 530 g/mol. The molecule has 1 aliphatic carbocycles. The molecule has 1 amide bonds. The maximum atomic E-state index is 12.8. The van der Waals surface area contributed by atoms with Crippen molar-refractivity contribution in [2.45, 2.75) is 57.3 Å². The SMILES string of the molecule is CCn1c(SCC(=O)Nc2sc3c(c2C(=O)OC)CCCC3)nnc1C(C)Oc1ccc(OC)cc1. The summed E-state index contributed by atoms with van der Waals surface area (Å²) < 4.78 is 18.2. The Labute approximate surface area is 218 Å². The van der Waals surface area contributed by atoms with Gasteiger partial charge >= 0.3 is 5.97 Å². The number of ether oxygens (including phenoxy) is 3. The third-order valence-corrected chi connectivity index (χ3v) is 8.12. The summed E-state index contributed by atoms with van der Waals surface area (Å²) in [6.07, 6.45) is 3.54. The standard InChI is InChI=1S/C25H30N4O5S2/c1-5-29-22(15(2)34-17-12-10-16(32-3)11-13-17)27-28-25(29)35-14-20(30)26-23-21(24(31)33-4)18-8-6-7-9-19(18)36-23/h10-13,15H,5-9,14H2,1-4H3,(H,26,30). The summed E-state index contributed by atoms with van der Waals surface area (Å²) >= 11 is 2.77. The first-order valence-corrected chi connectivity index (χ1v) is 13.6. The first-order chi connectivity index (χ1) is 17.4. The number of carbonyl (C=O) groups excluding carboxylic acids is 2. The van der Waals surface area contributed by atoms with Crippen molar-refractivity contribution in [1.82, 2.24) is 14.8 Å². The molecule has 3 aromatic rings. The molecular formula is C25H30N4O5S2. The van der Waals surface area contributed by atoms with E-state index in [1.54, 1.807) is 7.11 Å². The number of methoxy groups -OCH3 is 2. The molecule has 0 saturated carbocycles. The molecule has 1 aromatic carbocycles. The van der Waals surface area contributed by atoms with Gasteiger partial charge < -0.3 is 24.1 Å². The average Bonchev–Trinajstić information content (AvgIpc) is 3.48. The molecule has 1 atom stereocenters. The van der Waals surface area contributed by atoms with Crippen LogP contribution in [0, 0.1) is 0 Å². The minimum absolute atomic E-state index is 0.134. The quantitative estimate of drug-likeness (QED) is 0.291. The number of esters is 1. The Kier molecular flexibility index (Phi) is 8.52. The zero-order valence-electron chi connectivity index (χ0n) is 20.8. The average molecular weight is 531 g/mol. The zero-order chi connectivity index (χ0) is 25.7. The topological polar surface area (TPSA) is 105 Å². The van der Waals surface area contributed by atoms with Crippen LogP contribution in [0.25, 0.3) is 0 Å². The van der Waals surface area contributed by atoms with Gasteiger partial charge in [-0.1, -0.05) is 11.8 Å². The van der Waals surface area contributed by atoms with Crippen molar-refractivity contribution < 1.29 is 23.8 Å². The van der Waals surface area contributed by atoms with Crippen LogP contribution in [0.3, 0.4) is 0 Å². The Bertz CT molecular complexity index is 1220. The highest BCUT2D eigenvalue weighted by Gasteiger charge is 2.27. The molecule has 0 saturated heterocycles. The molecule has 4 rings (SSSR count). The van der Waals surface area contributed by atoms with Crippen LogP contribution in [0.5, 0.6) is 11.5 Å². The van der Waals surface area contributed by atoms with Crippen LogP contribution in [0.2, 0.25) is 0 Å². The van der Waals surface area contributed by atoms with Gasteiger partial charge in [0.25, 0.3) is 0 Å². The number of aromatic nitrogens is 3. The van der Waals surface area contributed by atoms with Gasteiger partial charge in [0.2, 0.25) is 5.91 Å². The van der Waals surface area contributed by atoms with Crippen molar-refractivity contribution in [2.75, 3.05) is 25.3 Å². The van der Waals surface area contributed by atoms with E-state index in [2.05, 4.69) is 15.5 Å². The highest BCUT2D eigenvalue weighted by Crippen LogP contribution is 2.38. The molecule has 0 spiro atoms. The van der Waals surface area contributed by atoms with Crippen molar-refractivity contribution in [1.29, 1.82) is 0 Å². The smallest absolute Gasteiger partial charge is 0.341 e. The van der Waals surface area contributed by atoms with E-state index in [1.807, 2.05) is 42.7 Å². The summed E-state index contributed by atoms with van der Waals surface area (Å²) in [5.74, 6) is 1.65. The zero-order valence-corrected chi connectivity index (χ0v) is 22.5. The van der Waals surface area contributed by atoms with Gasteiger partial charge in [0.05, 0.1) is 25.5 Å². The fourth-order valence-corrected chi connectivity index (χ4v) is 6.28. The van der Waals surface area contributed by atoms with Gasteiger partial charge in [-0.25, -0.2) is 4.79 Å². The van der Waals surface area contributed by atoms with Crippen molar-refractivity contribution in [3.8, 4) is 11.5 Å². The number of carbonyl (C=O) groups is 2. The predicted molar refractivity (Wildman–Crippen MR) is 139 cm³/mol. The Hall–Kier alpha value is -3.05. The van der Waals surface area contributed by atoms with Crippen LogP contribution < -0.4 is 14.8 Å². The molecule has 1 aliphatic rings. The lowest BCUT2D eigenvalue weighted by atomic mass is 9.95. The van der Waals surface area contributed by atoms with Crippen molar-refractivity contribution in [3.05, 3.63) is 46.1 Å². The van der Waals surface area contributed by atoms with Gasteiger partial charge in [-0.15, -0.1) is 21.5 Å². The van der Waals surface area contributed by atoms with Crippen LogP contribution in [0.4, 0.5) is 5.00 Å². The Morgan fingerprint density at radius 1 is 1.14 bits per heavy atom. The predicted octanol–water partition coefficient (Wildman–Crippen LogP) is 4.90. The summed E-state index contributed by atoms with van der Waals surface area (Å²) in [6, 6.07) is 7.35. The molecular weight excluding hydrogens is 500 g/mol. The number of benzene rings is 1. The molecule has 2 aromatic heterocycles. The van der Waals surface area contributed by atoms with E-state index in [1.165, 1.54) is 30.2 Å². The van der Waals surface area contributed by atoms with E-state index in [0.717, 1.165) is 41.9 Å². The van der Waals surface area contributed by atoms with E-state index in [9.17, 15) is 9.59 Å². The summed E-state index contributed by atoms with van der Waals surface area (Å²) in [7, 11) is 2.98. The number of anilines is 1. The minimum atomic E-state index is -0.404. The molecule has 2 heterocycles. The van der Waals surface area contributed by atoms with E-state index in [4.69, 9.17) is 14.2 Å². The lowest BCUT2D eigenvalue weighted by Crippen LogP contribution is -2.17. The van der Waals surface area contributed by atoms with E-state index < -0.39 is 5.97 Å². The maximum Gasteiger partial charge on any atom is 0.341 e.